The first-order valence-electron chi connectivity index (χ1n) is 9.29. The van der Waals surface area contributed by atoms with Gasteiger partial charge in [-0.25, -0.2) is 0 Å². The Bertz CT molecular complexity index is 575. The van der Waals surface area contributed by atoms with Crippen LogP contribution in [-0.4, -0.2) is 34.0 Å². The monoisotopic (exact) mass is 317 g/mol. The topological polar surface area (TPSA) is 59.2 Å². The van der Waals surface area contributed by atoms with Crippen molar-refractivity contribution in [3.8, 4) is 0 Å². The van der Waals surface area contributed by atoms with Crippen LogP contribution >= 0.6 is 0 Å². The average molecular weight is 317 g/mol. The second-order valence-corrected chi connectivity index (χ2v) is 7.99. The third-order valence-electron chi connectivity index (χ3n) is 5.87. The maximum atomic E-state index is 12.9. The maximum absolute atomic E-state index is 12.9. The fraction of sp³-hybridized carbons (Fsp3) is 0.833. The van der Waals surface area contributed by atoms with Crippen molar-refractivity contribution in [2.24, 2.45) is 5.92 Å². The maximum Gasteiger partial charge on any atom is 0.229 e. The highest BCUT2D eigenvalue weighted by atomic mass is 16.5. The first kappa shape index (κ1) is 15.2. The Hall–Kier alpha value is -1.39. The van der Waals surface area contributed by atoms with Crippen molar-refractivity contribution in [3.63, 3.8) is 0 Å². The predicted octanol–water partition coefficient (Wildman–Crippen LogP) is 3.41. The van der Waals surface area contributed by atoms with E-state index < -0.39 is 0 Å². The molecule has 3 fully saturated rings. The fourth-order valence-corrected chi connectivity index (χ4v) is 4.19. The summed E-state index contributed by atoms with van der Waals surface area (Å²) < 4.78 is 5.45. The summed E-state index contributed by atoms with van der Waals surface area (Å²) in [5.41, 5.74) is -0.154. The minimum Gasteiger partial charge on any atom is -0.341 e. The number of amides is 1. The van der Waals surface area contributed by atoms with E-state index in [9.17, 15) is 4.79 Å². The van der Waals surface area contributed by atoms with Crippen LogP contribution in [0.25, 0.3) is 0 Å². The molecule has 1 unspecified atom stereocenters. The molecule has 1 aromatic heterocycles. The Morgan fingerprint density at radius 3 is 2.70 bits per heavy atom. The Morgan fingerprint density at radius 1 is 1.17 bits per heavy atom. The van der Waals surface area contributed by atoms with Crippen molar-refractivity contribution in [2.75, 3.05) is 13.1 Å². The minimum atomic E-state index is -0.154. The normalized spacial score (nSPS) is 29.7. The molecule has 0 bridgehead atoms. The van der Waals surface area contributed by atoms with Gasteiger partial charge >= 0.3 is 0 Å². The van der Waals surface area contributed by atoms with Crippen molar-refractivity contribution in [2.45, 2.75) is 76.0 Å². The summed E-state index contributed by atoms with van der Waals surface area (Å²) >= 11 is 0. The van der Waals surface area contributed by atoms with Crippen LogP contribution in [0.5, 0.6) is 0 Å². The van der Waals surface area contributed by atoms with E-state index in [1.165, 1.54) is 32.1 Å². The standard InChI is InChI=1S/C18H27N3O2/c1-18(17-19-15(23-20-17)13-8-9-13)10-5-11-21(12-18)16(22)14-6-3-2-4-7-14/h13-14H,2-12H2,1H3. The molecule has 0 N–H and O–H groups in total. The van der Waals surface area contributed by atoms with Crippen LogP contribution in [0.1, 0.15) is 82.3 Å². The van der Waals surface area contributed by atoms with Crippen molar-refractivity contribution < 1.29 is 9.32 Å². The summed E-state index contributed by atoms with van der Waals surface area (Å²) in [6, 6.07) is 0. The number of hydrogen-bond donors (Lipinski definition) is 0. The van der Waals surface area contributed by atoms with Crippen LogP contribution in [0, 0.1) is 5.92 Å². The van der Waals surface area contributed by atoms with Crippen LogP contribution in [0.3, 0.4) is 0 Å². The molecule has 5 nitrogen and oxygen atoms in total. The number of hydrogen-bond acceptors (Lipinski definition) is 4. The molecule has 1 atom stereocenters. The molecule has 3 aliphatic rings. The van der Waals surface area contributed by atoms with Gasteiger partial charge in [-0.15, -0.1) is 0 Å². The molecule has 2 aliphatic carbocycles. The van der Waals surface area contributed by atoms with Gasteiger partial charge in [-0.05, 0) is 38.5 Å². The largest absolute Gasteiger partial charge is 0.341 e. The molecular formula is C18H27N3O2. The Labute approximate surface area is 137 Å². The van der Waals surface area contributed by atoms with Gasteiger partial charge in [0.2, 0.25) is 11.8 Å². The second kappa shape index (κ2) is 5.91. The summed E-state index contributed by atoms with van der Waals surface area (Å²) in [6.07, 6.45) is 10.2. The molecule has 2 heterocycles. The zero-order valence-electron chi connectivity index (χ0n) is 14.1. The molecule has 0 radical (unpaired) electrons. The van der Waals surface area contributed by atoms with Gasteiger partial charge in [-0.3, -0.25) is 4.79 Å². The summed E-state index contributed by atoms with van der Waals surface area (Å²) in [7, 11) is 0. The van der Waals surface area contributed by atoms with Crippen molar-refractivity contribution >= 4 is 5.91 Å². The van der Waals surface area contributed by atoms with Gasteiger partial charge in [-0.1, -0.05) is 31.3 Å². The molecule has 0 spiro atoms. The van der Waals surface area contributed by atoms with Gasteiger partial charge in [-0.2, -0.15) is 4.98 Å². The number of piperidine rings is 1. The van der Waals surface area contributed by atoms with Crippen molar-refractivity contribution in [3.05, 3.63) is 11.7 Å². The number of carbonyl (C=O) groups excluding carboxylic acids is 1. The zero-order valence-corrected chi connectivity index (χ0v) is 14.1. The number of likely N-dealkylation sites (tertiary alicyclic amines) is 1. The smallest absolute Gasteiger partial charge is 0.229 e. The molecular weight excluding hydrogens is 290 g/mol. The van der Waals surface area contributed by atoms with Gasteiger partial charge < -0.3 is 9.42 Å². The third-order valence-corrected chi connectivity index (χ3v) is 5.87. The summed E-state index contributed by atoms with van der Waals surface area (Å²) in [5, 5.41) is 4.26. The second-order valence-electron chi connectivity index (χ2n) is 7.99. The zero-order chi connectivity index (χ0) is 15.9. The van der Waals surface area contributed by atoms with E-state index in [1.807, 2.05) is 0 Å². The van der Waals surface area contributed by atoms with E-state index in [1.54, 1.807) is 0 Å². The highest BCUT2D eigenvalue weighted by molar-refractivity contribution is 5.79. The lowest BCUT2D eigenvalue weighted by Gasteiger charge is -2.40. The van der Waals surface area contributed by atoms with Crippen LogP contribution in [-0.2, 0) is 10.2 Å². The molecule has 4 rings (SSSR count). The van der Waals surface area contributed by atoms with E-state index in [0.29, 0.717) is 11.8 Å². The quantitative estimate of drug-likeness (QED) is 0.857. The van der Waals surface area contributed by atoms with E-state index >= 15 is 0 Å². The number of carbonyl (C=O) groups is 1. The molecule has 1 amide bonds. The Morgan fingerprint density at radius 2 is 1.96 bits per heavy atom. The van der Waals surface area contributed by atoms with E-state index in [2.05, 4.69) is 22.0 Å². The van der Waals surface area contributed by atoms with E-state index in [0.717, 1.165) is 50.5 Å². The predicted molar refractivity (Wildman–Crippen MR) is 86.0 cm³/mol. The Balaban J connectivity index is 1.47. The third kappa shape index (κ3) is 3.02. The van der Waals surface area contributed by atoms with Gasteiger partial charge in [0.15, 0.2) is 5.82 Å². The van der Waals surface area contributed by atoms with Crippen LogP contribution < -0.4 is 0 Å². The first-order chi connectivity index (χ1) is 11.2. The lowest BCUT2D eigenvalue weighted by Crippen LogP contribution is -2.49. The molecule has 23 heavy (non-hydrogen) atoms. The van der Waals surface area contributed by atoms with Crippen molar-refractivity contribution in [1.82, 2.24) is 15.0 Å². The lowest BCUT2D eigenvalue weighted by atomic mass is 9.80. The lowest BCUT2D eigenvalue weighted by molar-refractivity contribution is -0.138. The molecule has 1 aromatic rings. The molecule has 5 heteroatoms. The minimum absolute atomic E-state index is 0.154. The fourth-order valence-electron chi connectivity index (χ4n) is 4.19. The van der Waals surface area contributed by atoms with Crippen molar-refractivity contribution in [1.29, 1.82) is 0 Å². The number of aromatic nitrogens is 2. The number of rotatable bonds is 3. The molecule has 126 valence electrons. The Kier molecular flexibility index (Phi) is 3.90. The van der Waals surface area contributed by atoms with E-state index in [4.69, 9.17) is 4.52 Å². The highest BCUT2D eigenvalue weighted by Crippen LogP contribution is 2.41. The molecule has 2 saturated carbocycles. The number of nitrogens with zero attached hydrogens (tertiary/aromatic N) is 3. The molecule has 1 aliphatic heterocycles. The SMILES string of the molecule is CC1(c2noc(C3CC3)n2)CCCN(C(=O)C2CCCCC2)C1. The first-order valence-corrected chi connectivity index (χ1v) is 9.29. The molecule has 1 saturated heterocycles. The molecule has 0 aromatic carbocycles. The van der Waals surface area contributed by atoms with Gasteiger partial charge in [0, 0.05) is 30.3 Å². The van der Waals surface area contributed by atoms with E-state index in [-0.39, 0.29) is 11.3 Å². The van der Waals surface area contributed by atoms with Gasteiger partial charge in [0.1, 0.15) is 0 Å². The highest BCUT2D eigenvalue weighted by Gasteiger charge is 2.41. The van der Waals surface area contributed by atoms with Crippen LogP contribution in [0.4, 0.5) is 0 Å². The van der Waals surface area contributed by atoms with Gasteiger partial charge in [0.05, 0.1) is 0 Å². The average Bonchev–Trinajstić information content (AvgIpc) is 3.31. The van der Waals surface area contributed by atoms with Crippen LogP contribution in [0.15, 0.2) is 4.52 Å². The summed E-state index contributed by atoms with van der Waals surface area (Å²) in [5.74, 6) is 2.71. The van der Waals surface area contributed by atoms with Crippen LogP contribution in [0.2, 0.25) is 0 Å². The summed E-state index contributed by atoms with van der Waals surface area (Å²) in [4.78, 5) is 19.6. The summed E-state index contributed by atoms with van der Waals surface area (Å²) in [6.45, 7) is 3.82. The van der Waals surface area contributed by atoms with Gasteiger partial charge in [0.25, 0.3) is 0 Å².